The van der Waals surface area contributed by atoms with Gasteiger partial charge in [0, 0.05) is 25.9 Å². The molecule has 1 aromatic carbocycles. The SMILES string of the molecule is O=C(CCc1nc2ccccc2s1)N1C[C@@H](O)[C@@H](O)C1. The fourth-order valence-electron chi connectivity index (χ4n) is 2.37. The van der Waals surface area contributed by atoms with Crippen LogP contribution in [0, 0.1) is 0 Å². The summed E-state index contributed by atoms with van der Waals surface area (Å²) in [6, 6.07) is 7.91. The molecule has 2 atom stereocenters. The Bertz CT molecular complexity index is 585. The van der Waals surface area contributed by atoms with E-state index in [1.54, 1.807) is 11.3 Å². The van der Waals surface area contributed by atoms with Gasteiger partial charge in [-0.25, -0.2) is 4.98 Å². The number of para-hydroxylation sites is 1. The third-order valence-corrected chi connectivity index (χ3v) is 4.60. The number of carbonyl (C=O) groups excluding carboxylic acids is 1. The van der Waals surface area contributed by atoms with E-state index >= 15 is 0 Å². The van der Waals surface area contributed by atoms with Crippen molar-refractivity contribution in [2.24, 2.45) is 0 Å². The molecule has 20 heavy (non-hydrogen) atoms. The van der Waals surface area contributed by atoms with Crippen LogP contribution in [0.2, 0.25) is 0 Å². The smallest absolute Gasteiger partial charge is 0.223 e. The molecule has 1 aliphatic heterocycles. The van der Waals surface area contributed by atoms with E-state index in [9.17, 15) is 15.0 Å². The van der Waals surface area contributed by atoms with E-state index < -0.39 is 12.2 Å². The number of amides is 1. The third-order valence-electron chi connectivity index (χ3n) is 3.50. The number of rotatable bonds is 3. The molecule has 0 aliphatic carbocycles. The first-order chi connectivity index (χ1) is 9.63. The van der Waals surface area contributed by atoms with Gasteiger partial charge in [0.05, 0.1) is 27.4 Å². The van der Waals surface area contributed by atoms with E-state index in [-0.39, 0.29) is 19.0 Å². The molecule has 5 nitrogen and oxygen atoms in total. The Hall–Kier alpha value is -1.50. The second-order valence-corrected chi connectivity index (χ2v) is 6.12. The van der Waals surface area contributed by atoms with Crippen molar-refractivity contribution in [3.05, 3.63) is 29.3 Å². The number of aliphatic hydroxyl groups is 2. The van der Waals surface area contributed by atoms with Gasteiger partial charge in [-0.15, -0.1) is 11.3 Å². The van der Waals surface area contributed by atoms with Crippen LogP contribution in [-0.4, -0.2) is 51.3 Å². The molecule has 0 bridgehead atoms. The lowest BCUT2D eigenvalue weighted by molar-refractivity contribution is -0.130. The number of hydrogen-bond donors (Lipinski definition) is 2. The third kappa shape index (κ3) is 2.67. The molecule has 3 rings (SSSR count). The Balaban J connectivity index is 1.60. The van der Waals surface area contributed by atoms with Crippen LogP contribution in [0.25, 0.3) is 10.2 Å². The Labute approximate surface area is 120 Å². The van der Waals surface area contributed by atoms with Gasteiger partial charge in [-0.2, -0.15) is 0 Å². The van der Waals surface area contributed by atoms with Crippen LogP contribution in [0.1, 0.15) is 11.4 Å². The molecule has 2 aromatic rings. The Kier molecular flexibility index (Phi) is 3.69. The van der Waals surface area contributed by atoms with Crippen molar-refractivity contribution < 1.29 is 15.0 Å². The summed E-state index contributed by atoms with van der Waals surface area (Å²) in [7, 11) is 0. The van der Waals surface area contributed by atoms with Crippen molar-refractivity contribution in [1.82, 2.24) is 9.88 Å². The number of fused-ring (bicyclic) bond motifs is 1. The van der Waals surface area contributed by atoms with Crippen molar-refractivity contribution in [3.8, 4) is 0 Å². The van der Waals surface area contributed by atoms with E-state index in [1.807, 2.05) is 24.3 Å². The van der Waals surface area contributed by atoms with E-state index in [0.29, 0.717) is 12.8 Å². The van der Waals surface area contributed by atoms with E-state index in [0.717, 1.165) is 15.2 Å². The van der Waals surface area contributed by atoms with Crippen LogP contribution in [0.3, 0.4) is 0 Å². The van der Waals surface area contributed by atoms with Crippen molar-refractivity contribution in [2.75, 3.05) is 13.1 Å². The summed E-state index contributed by atoms with van der Waals surface area (Å²) in [5.41, 5.74) is 0.965. The lowest BCUT2D eigenvalue weighted by Gasteiger charge is -2.14. The number of benzene rings is 1. The number of aryl methyl sites for hydroxylation is 1. The molecule has 0 unspecified atom stereocenters. The van der Waals surface area contributed by atoms with Gasteiger partial charge in [-0.1, -0.05) is 12.1 Å². The first-order valence-corrected chi connectivity index (χ1v) is 7.43. The van der Waals surface area contributed by atoms with Gasteiger partial charge < -0.3 is 15.1 Å². The second-order valence-electron chi connectivity index (χ2n) is 5.01. The van der Waals surface area contributed by atoms with Gasteiger partial charge in [0.15, 0.2) is 0 Å². The summed E-state index contributed by atoms with van der Waals surface area (Å²) in [6.45, 7) is 0.444. The molecular formula is C14H16N2O3S. The monoisotopic (exact) mass is 292 g/mol. The molecule has 1 aliphatic rings. The van der Waals surface area contributed by atoms with Crippen LogP contribution in [0.15, 0.2) is 24.3 Å². The predicted octanol–water partition coefficient (Wildman–Crippen LogP) is 0.793. The molecule has 2 heterocycles. The van der Waals surface area contributed by atoms with Crippen LogP contribution >= 0.6 is 11.3 Å². The first-order valence-electron chi connectivity index (χ1n) is 6.62. The minimum absolute atomic E-state index is 0.0418. The molecule has 1 amide bonds. The molecule has 1 saturated heterocycles. The Morgan fingerprint density at radius 2 is 2.00 bits per heavy atom. The highest BCUT2D eigenvalue weighted by Crippen LogP contribution is 2.23. The van der Waals surface area contributed by atoms with Crippen LogP contribution in [0.5, 0.6) is 0 Å². The number of aromatic nitrogens is 1. The minimum atomic E-state index is -0.818. The van der Waals surface area contributed by atoms with Crippen molar-refractivity contribution in [3.63, 3.8) is 0 Å². The van der Waals surface area contributed by atoms with Gasteiger partial charge >= 0.3 is 0 Å². The van der Waals surface area contributed by atoms with Crippen LogP contribution in [0.4, 0.5) is 0 Å². The Morgan fingerprint density at radius 3 is 2.70 bits per heavy atom. The zero-order valence-electron chi connectivity index (χ0n) is 10.9. The van der Waals surface area contributed by atoms with Gasteiger partial charge in [-0.05, 0) is 12.1 Å². The molecule has 1 fully saturated rings. The highest BCUT2D eigenvalue weighted by atomic mass is 32.1. The maximum atomic E-state index is 12.0. The maximum absolute atomic E-state index is 12.0. The van der Waals surface area contributed by atoms with Gasteiger partial charge in [0.2, 0.25) is 5.91 Å². The minimum Gasteiger partial charge on any atom is -0.388 e. The molecule has 106 valence electrons. The van der Waals surface area contributed by atoms with Gasteiger partial charge in [0.1, 0.15) is 0 Å². The molecule has 2 N–H and O–H groups in total. The second kappa shape index (κ2) is 5.47. The van der Waals surface area contributed by atoms with Crippen molar-refractivity contribution in [2.45, 2.75) is 25.0 Å². The quantitative estimate of drug-likeness (QED) is 0.877. The van der Waals surface area contributed by atoms with E-state index in [1.165, 1.54) is 4.90 Å². The number of likely N-dealkylation sites (tertiary alicyclic amines) is 1. The molecule has 1 aromatic heterocycles. The summed E-state index contributed by atoms with van der Waals surface area (Å²) in [4.78, 5) is 18.0. The summed E-state index contributed by atoms with van der Waals surface area (Å²) >= 11 is 1.60. The number of aliphatic hydroxyl groups excluding tert-OH is 2. The Morgan fingerprint density at radius 1 is 1.30 bits per heavy atom. The summed E-state index contributed by atoms with van der Waals surface area (Å²) in [5.74, 6) is -0.0418. The van der Waals surface area contributed by atoms with Crippen LogP contribution < -0.4 is 0 Å². The molecule has 0 saturated carbocycles. The standard InChI is InChI=1S/C14H16N2O3S/c17-10-7-16(8-11(10)18)14(19)6-5-13-15-9-3-1-2-4-12(9)20-13/h1-4,10-11,17-18H,5-8H2/t10-,11+. The summed E-state index contributed by atoms with van der Waals surface area (Å²) in [6.07, 6.45) is -0.678. The lowest BCUT2D eigenvalue weighted by atomic mass is 10.3. The molecule has 0 radical (unpaired) electrons. The summed E-state index contributed by atoms with van der Waals surface area (Å²) in [5, 5.41) is 19.8. The molecule has 0 spiro atoms. The zero-order valence-corrected chi connectivity index (χ0v) is 11.7. The fraction of sp³-hybridized carbons (Fsp3) is 0.429. The van der Waals surface area contributed by atoms with Gasteiger partial charge in [-0.3, -0.25) is 4.79 Å². The maximum Gasteiger partial charge on any atom is 0.223 e. The average Bonchev–Trinajstić information content (AvgIpc) is 3.00. The van der Waals surface area contributed by atoms with E-state index in [4.69, 9.17) is 0 Å². The normalized spacial score (nSPS) is 22.6. The fourth-order valence-corrected chi connectivity index (χ4v) is 3.34. The van der Waals surface area contributed by atoms with Crippen molar-refractivity contribution >= 4 is 27.5 Å². The average molecular weight is 292 g/mol. The van der Waals surface area contributed by atoms with Crippen molar-refractivity contribution in [1.29, 1.82) is 0 Å². The predicted molar refractivity (Wildman–Crippen MR) is 76.5 cm³/mol. The van der Waals surface area contributed by atoms with Gasteiger partial charge in [0.25, 0.3) is 0 Å². The largest absolute Gasteiger partial charge is 0.388 e. The molecule has 6 heteroatoms. The summed E-state index contributed by atoms with van der Waals surface area (Å²) < 4.78 is 1.13. The van der Waals surface area contributed by atoms with Crippen LogP contribution in [-0.2, 0) is 11.2 Å². The number of nitrogens with zero attached hydrogens (tertiary/aromatic N) is 2. The number of hydrogen-bond acceptors (Lipinski definition) is 5. The van der Waals surface area contributed by atoms with E-state index in [2.05, 4.69) is 4.98 Å². The number of β-amino-alcohol motifs (C(OH)–C–C–N with tert-alkyl or cyclic N) is 2. The highest BCUT2D eigenvalue weighted by molar-refractivity contribution is 7.18. The number of carbonyl (C=O) groups is 1. The first kappa shape index (κ1) is 13.5. The number of thiazole rings is 1. The zero-order chi connectivity index (χ0) is 14.1. The molecular weight excluding hydrogens is 276 g/mol. The topological polar surface area (TPSA) is 73.7 Å². The lowest BCUT2D eigenvalue weighted by Crippen LogP contribution is -2.29. The highest BCUT2D eigenvalue weighted by Gasteiger charge is 2.32.